The molecule has 6 heteroatoms. The van der Waals surface area contributed by atoms with Crippen LogP contribution in [0.3, 0.4) is 0 Å². The van der Waals surface area contributed by atoms with E-state index >= 15 is 0 Å². The van der Waals surface area contributed by atoms with E-state index in [1.54, 1.807) is 26.1 Å². The molecule has 0 aliphatic heterocycles. The Morgan fingerprint density at radius 3 is 2.48 bits per heavy atom. The highest BCUT2D eigenvalue weighted by Crippen LogP contribution is 2.25. The summed E-state index contributed by atoms with van der Waals surface area (Å²) in [6.45, 7) is 5.38. The summed E-state index contributed by atoms with van der Waals surface area (Å²) < 4.78 is 5.60. The Hall–Kier alpha value is -1.75. The molecule has 0 spiro atoms. The predicted octanol–water partition coefficient (Wildman–Crippen LogP) is 2.92. The van der Waals surface area contributed by atoms with Gasteiger partial charge in [-0.1, -0.05) is 18.5 Å². The fourth-order valence-electron chi connectivity index (χ4n) is 1.80. The van der Waals surface area contributed by atoms with Crippen LogP contribution in [0.1, 0.15) is 31.1 Å². The summed E-state index contributed by atoms with van der Waals surface area (Å²) in [7, 11) is 1.56. The minimum absolute atomic E-state index is 0.0824. The summed E-state index contributed by atoms with van der Waals surface area (Å²) in [4.78, 5) is 24.7. The van der Waals surface area contributed by atoms with Crippen molar-refractivity contribution in [2.45, 2.75) is 26.9 Å². The first-order chi connectivity index (χ1) is 9.72. The van der Waals surface area contributed by atoms with Crippen LogP contribution in [0.15, 0.2) is 18.2 Å². The number of benzene rings is 1. The largest absolute Gasteiger partial charge is 0.490 e. The van der Waals surface area contributed by atoms with E-state index < -0.39 is 11.9 Å². The summed E-state index contributed by atoms with van der Waals surface area (Å²) in [5.74, 6) is -1.47. The Balaban J connectivity index is 2.99. The van der Waals surface area contributed by atoms with Crippen LogP contribution >= 0.6 is 11.6 Å². The monoisotopic (exact) mass is 313 g/mol. The second kappa shape index (κ2) is 7.31. The molecule has 0 saturated heterocycles. The topological polar surface area (TPSA) is 66.8 Å². The number of hydrogen-bond acceptors (Lipinski definition) is 3. The molecule has 0 radical (unpaired) electrons. The number of carboxylic acid groups (broad SMARTS) is 1. The van der Waals surface area contributed by atoms with Crippen LogP contribution in [0.4, 0.5) is 0 Å². The highest BCUT2D eigenvalue weighted by molar-refractivity contribution is 6.31. The lowest BCUT2D eigenvalue weighted by Crippen LogP contribution is -2.34. The Labute approximate surface area is 129 Å². The zero-order valence-electron chi connectivity index (χ0n) is 12.6. The molecule has 1 aromatic rings. The Morgan fingerprint density at radius 1 is 1.33 bits per heavy atom. The molecule has 0 bridgehead atoms. The van der Waals surface area contributed by atoms with Gasteiger partial charge in [0.25, 0.3) is 5.91 Å². The van der Waals surface area contributed by atoms with Crippen molar-refractivity contribution in [2.24, 2.45) is 5.92 Å². The van der Waals surface area contributed by atoms with E-state index in [9.17, 15) is 9.59 Å². The van der Waals surface area contributed by atoms with Gasteiger partial charge in [-0.2, -0.15) is 0 Å². The number of nitrogens with zero attached hydrogens (tertiary/aromatic N) is 1. The van der Waals surface area contributed by atoms with E-state index in [1.807, 2.05) is 13.8 Å². The zero-order valence-corrected chi connectivity index (χ0v) is 13.3. The molecule has 116 valence electrons. The maximum atomic E-state index is 12.5. The van der Waals surface area contributed by atoms with E-state index in [-0.39, 0.29) is 18.6 Å². The third-order valence-electron chi connectivity index (χ3n) is 2.85. The number of carbonyl (C=O) groups is 2. The number of aliphatic carboxylic acids is 1. The van der Waals surface area contributed by atoms with Gasteiger partial charge in [-0.3, -0.25) is 9.59 Å². The van der Waals surface area contributed by atoms with Crippen LogP contribution in [0.2, 0.25) is 5.02 Å². The Kier molecular flexibility index (Phi) is 6.03. The SMILES string of the molecule is CC(C)Oc1ccc(Cl)cc1C(=O)N(C)CC(C)C(=O)O. The number of hydrogen-bond donors (Lipinski definition) is 1. The van der Waals surface area contributed by atoms with E-state index in [0.29, 0.717) is 16.3 Å². The summed E-state index contributed by atoms with van der Waals surface area (Å²) >= 11 is 5.94. The Bertz CT molecular complexity index is 530. The number of carbonyl (C=O) groups excluding carboxylic acids is 1. The minimum Gasteiger partial charge on any atom is -0.490 e. The van der Waals surface area contributed by atoms with E-state index in [4.69, 9.17) is 21.4 Å². The summed E-state index contributed by atoms with van der Waals surface area (Å²) in [6.07, 6.45) is -0.0824. The molecular formula is C15H20ClNO4. The number of rotatable bonds is 6. The minimum atomic E-state index is -0.945. The Morgan fingerprint density at radius 2 is 1.95 bits per heavy atom. The smallest absolute Gasteiger partial charge is 0.308 e. The molecule has 0 fully saturated rings. The van der Waals surface area contributed by atoms with Crippen LogP contribution in [0.25, 0.3) is 0 Å². The average molecular weight is 314 g/mol. The lowest BCUT2D eigenvalue weighted by Gasteiger charge is -2.21. The van der Waals surface area contributed by atoms with Crippen LogP contribution in [0, 0.1) is 5.92 Å². The van der Waals surface area contributed by atoms with Crippen molar-refractivity contribution in [2.75, 3.05) is 13.6 Å². The van der Waals surface area contributed by atoms with Gasteiger partial charge in [0, 0.05) is 18.6 Å². The maximum absolute atomic E-state index is 12.5. The quantitative estimate of drug-likeness (QED) is 0.877. The van der Waals surface area contributed by atoms with Crippen molar-refractivity contribution in [1.82, 2.24) is 4.90 Å². The standard InChI is InChI=1S/C15H20ClNO4/c1-9(2)21-13-6-5-11(16)7-12(13)14(18)17(4)8-10(3)15(19)20/h5-7,9-10H,8H2,1-4H3,(H,19,20). The van der Waals surface area contributed by atoms with Gasteiger partial charge in [-0.05, 0) is 32.0 Å². The second-order valence-electron chi connectivity index (χ2n) is 5.23. The van der Waals surface area contributed by atoms with E-state index in [0.717, 1.165) is 0 Å². The molecule has 5 nitrogen and oxygen atoms in total. The van der Waals surface area contributed by atoms with Gasteiger partial charge in [0.15, 0.2) is 0 Å². The van der Waals surface area contributed by atoms with Gasteiger partial charge in [0.05, 0.1) is 17.6 Å². The molecule has 1 amide bonds. The fraction of sp³-hybridized carbons (Fsp3) is 0.467. The van der Waals surface area contributed by atoms with Crippen molar-refractivity contribution >= 4 is 23.5 Å². The van der Waals surface area contributed by atoms with Gasteiger partial charge in [0.1, 0.15) is 5.75 Å². The lowest BCUT2D eigenvalue weighted by molar-refractivity contribution is -0.141. The number of amides is 1. The van der Waals surface area contributed by atoms with Crippen LogP contribution in [-0.2, 0) is 4.79 Å². The van der Waals surface area contributed by atoms with Crippen LogP contribution < -0.4 is 4.74 Å². The van der Waals surface area contributed by atoms with Crippen LogP contribution in [0.5, 0.6) is 5.75 Å². The second-order valence-corrected chi connectivity index (χ2v) is 5.67. The normalized spacial score (nSPS) is 12.1. The van der Waals surface area contributed by atoms with Crippen molar-refractivity contribution in [3.8, 4) is 5.75 Å². The molecule has 0 aliphatic carbocycles. The number of ether oxygens (including phenoxy) is 1. The maximum Gasteiger partial charge on any atom is 0.308 e. The van der Waals surface area contributed by atoms with Crippen molar-refractivity contribution in [1.29, 1.82) is 0 Å². The molecule has 0 heterocycles. The summed E-state index contributed by atoms with van der Waals surface area (Å²) in [5.41, 5.74) is 0.330. The molecule has 21 heavy (non-hydrogen) atoms. The van der Waals surface area contributed by atoms with Crippen molar-refractivity contribution < 1.29 is 19.4 Å². The lowest BCUT2D eigenvalue weighted by atomic mass is 10.1. The highest BCUT2D eigenvalue weighted by Gasteiger charge is 2.22. The molecule has 0 aliphatic rings. The fourth-order valence-corrected chi connectivity index (χ4v) is 1.98. The molecule has 1 unspecified atom stereocenters. The number of halogens is 1. The first-order valence-corrected chi connectivity index (χ1v) is 7.04. The molecule has 1 aromatic carbocycles. The first kappa shape index (κ1) is 17.3. The molecule has 1 rings (SSSR count). The van der Waals surface area contributed by atoms with Crippen molar-refractivity contribution in [3.63, 3.8) is 0 Å². The summed E-state index contributed by atoms with van der Waals surface area (Å²) in [5, 5.41) is 9.34. The molecular weight excluding hydrogens is 294 g/mol. The highest BCUT2D eigenvalue weighted by atomic mass is 35.5. The van der Waals surface area contributed by atoms with Gasteiger partial charge in [0.2, 0.25) is 0 Å². The predicted molar refractivity (Wildman–Crippen MR) is 81.0 cm³/mol. The summed E-state index contributed by atoms with van der Waals surface area (Å²) in [6, 6.07) is 4.82. The van der Waals surface area contributed by atoms with Gasteiger partial charge >= 0.3 is 5.97 Å². The van der Waals surface area contributed by atoms with Gasteiger partial charge in [-0.15, -0.1) is 0 Å². The molecule has 1 atom stereocenters. The first-order valence-electron chi connectivity index (χ1n) is 6.66. The number of carboxylic acids is 1. The third-order valence-corrected chi connectivity index (χ3v) is 3.09. The van der Waals surface area contributed by atoms with Crippen molar-refractivity contribution in [3.05, 3.63) is 28.8 Å². The van der Waals surface area contributed by atoms with E-state index in [1.165, 1.54) is 11.0 Å². The zero-order chi connectivity index (χ0) is 16.2. The molecule has 1 N–H and O–H groups in total. The van der Waals surface area contributed by atoms with Gasteiger partial charge in [-0.25, -0.2) is 0 Å². The van der Waals surface area contributed by atoms with Crippen LogP contribution in [-0.4, -0.2) is 41.6 Å². The van der Waals surface area contributed by atoms with E-state index in [2.05, 4.69) is 0 Å². The van der Waals surface area contributed by atoms with Gasteiger partial charge < -0.3 is 14.7 Å². The third kappa shape index (κ3) is 4.93. The molecule has 0 aromatic heterocycles. The average Bonchev–Trinajstić information content (AvgIpc) is 2.39. The molecule has 0 saturated carbocycles.